The van der Waals surface area contributed by atoms with E-state index in [0.717, 1.165) is 11.4 Å². The van der Waals surface area contributed by atoms with Gasteiger partial charge in [0.1, 0.15) is 12.1 Å². The van der Waals surface area contributed by atoms with Crippen LogP contribution in [0.25, 0.3) is 0 Å². The average Bonchev–Trinajstić information content (AvgIpc) is 2.45. The molecule has 1 N–H and O–H groups in total. The molecular formula is C15H19FN4. The molecule has 106 valence electrons. The fourth-order valence-electron chi connectivity index (χ4n) is 1.80. The lowest BCUT2D eigenvalue weighted by Gasteiger charge is -2.24. The molecule has 0 fully saturated rings. The van der Waals surface area contributed by atoms with Crippen LogP contribution in [0.1, 0.15) is 19.5 Å². The topological polar surface area (TPSA) is 41.0 Å². The van der Waals surface area contributed by atoms with Gasteiger partial charge in [0.05, 0.1) is 17.9 Å². The summed E-state index contributed by atoms with van der Waals surface area (Å²) in [6.07, 6.45) is 3.18. The van der Waals surface area contributed by atoms with Crippen molar-refractivity contribution in [3.05, 3.63) is 48.3 Å². The Morgan fingerprint density at radius 1 is 1.30 bits per heavy atom. The molecule has 0 saturated heterocycles. The van der Waals surface area contributed by atoms with Gasteiger partial charge in [0.25, 0.3) is 0 Å². The van der Waals surface area contributed by atoms with Crippen molar-refractivity contribution >= 4 is 11.4 Å². The van der Waals surface area contributed by atoms with E-state index in [9.17, 15) is 4.39 Å². The van der Waals surface area contributed by atoms with E-state index in [-0.39, 0.29) is 11.9 Å². The molecule has 1 aromatic carbocycles. The third kappa shape index (κ3) is 3.44. The largest absolute Gasteiger partial charge is 0.379 e. The van der Waals surface area contributed by atoms with Gasteiger partial charge < -0.3 is 10.2 Å². The second-order valence-corrected chi connectivity index (χ2v) is 4.93. The molecule has 0 amide bonds. The molecule has 0 aliphatic rings. The van der Waals surface area contributed by atoms with E-state index in [4.69, 9.17) is 0 Å². The summed E-state index contributed by atoms with van der Waals surface area (Å²) >= 11 is 0. The van der Waals surface area contributed by atoms with Crippen LogP contribution in [0.4, 0.5) is 15.8 Å². The molecule has 2 aromatic rings. The summed E-state index contributed by atoms with van der Waals surface area (Å²) in [5.41, 5.74) is 2.21. The summed E-state index contributed by atoms with van der Waals surface area (Å²) < 4.78 is 14.1. The van der Waals surface area contributed by atoms with Crippen LogP contribution in [0.15, 0.2) is 36.8 Å². The van der Waals surface area contributed by atoms with Crippen molar-refractivity contribution in [2.45, 2.75) is 26.4 Å². The summed E-state index contributed by atoms with van der Waals surface area (Å²) in [6, 6.07) is 7.25. The number of benzene rings is 1. The molecule has 20 heavy (non-hydrogen) atoms. The summed E-state index contributed by atoms with van der Waals surface area (Å²) in [5, 5.41) is 3.15. The van der Waals surface area contributed by atoms with Crippen molar-refractivity contribution in [1.29, 1.82) is 0 Å². The maximum atomic E-state index is 14.1. The van der Waals surface area contributed by atoms with Gasteiger partial charge in [-0.3, -0.25) is 0 Å². The minimum atomic E-state index is -0.228. The van der Waals surface area contributed by atoms with Crippen LogP contribution in [0, 0.1) is 5.82 Å². The predicted octanol–water partition coefficient (Wildman–Crippen LogP) is 3.07. The predicted molar refractivity (Wildman–Crippen MR) is 79.3 cm³/mol. The van der Waals surface area contributed by atoms with Crippen molar-refractivity contribution < 1.29 is 4.39 Å². The maximum Gasteiger partial charge on any atom is 0.148 e. The molecule has 0 unspecified atom stereocenters. The zero-order chi connectivity index (χ0) is 14.5. The maximum absolute atomic E-state index is 14.1. The van der Waals surface area contributed by atoms with Crippen molar-refractivity contribution in [3.8, 4) is 0 Å². The lowest BCUT2D eigenvalue weighted by atomic mass is 10.2. The normalized spacial score (nSPS) is 10.7. The first-order valence-electron chi connectivity index (χ1n) is 6.59. The lowest BCUT2D eigenvalue weighted by molar-refractivity contribution is 0.614. The van der Waals surface area contributed by atoms with Crippen LogP contribution >= 0.6 is 0 Å². The van der Waals surface area contributed by atoms with Crippen LogP contribution in [0.3, 0.4) is 0 Å². The van der Waals surface area contributed by atoms with Gasteiger partial charge in [-0.05, 0) is 38.1 Å². The van der Waals surface area contributed by atoms with Gasteiger partial charge in [0, 0.05) is 25.0 Å². The van der Waals surface area contributed by atoms with E-state index in [0.29, 0.717) is 12.2 Å². The van der Waals surface area contributed by atoms with Crippen LogP contribution in [-0.4, -0.2) is 23.1 Å². The van der Waals surface area contributed by atoms with E-state index in [1.165, 1.54) is 12.4 Å². The molecule has 1 aromatic heterocycles. The number of anilines is 2. The molecule has 0 aliphatic carbocycles. The summed E-state index contributed by atoms with van der Waals surface area (Å²) in [5.74, 6) is -0.228. The van der Waals surface area contributed by atoms with Gasteiger partial charge in [-0.15, -0.1) is 0 Å². The van der Waals surface area contributed by atoms with Crippen LogP contribution in [-0.2, 0) is 6.54 Å². The van der Waals surface area contributed by atoms with Crippen molar-refractivity contribution in [3.63, 3.8) is 0 Å². The molecule has 0 saturated carbocycles. The van der Waals surface area contributed by atoms with Crippen LogP contribution in [0.5, 0.6) is 0 Å². The third-order valence-corrected chi connectivity index (χ3v) is 3.22. The zero-order valence-electron chi connectivity index (χ0n) is 12.0. The highest BCUT2D eigenvalue weighted by Gasteiger charge is 2.10. The molecule has 5 heteroatoms. The highest BCUT2D eigenvalue weighted by atomic mass is 19.1. The smallest absolute Gasteiger partial charge is 0.148 e. The van der Waals surface area contributed by atoms with Gasteiger partial charge in [-0.2, -0.15) is 0 Å². The van der Waals surface area contributed by atoms with Crippen LogP contribution in [0.2, 0.25) is 0 Å². The number of rotatable bonds is 5. The van der Waals surface area contributed by atoms with Crippen molar-refractivity contribution in [2.75, 3.05) is 17.3 Å². The van der Waals surface area contributed by atoms with E-state index in [1.54, 1.807) is 12.3 Å². The van der Waals surface area contributed by atoms with E-state index in [2.05, 4.69) is 15.3 Å². The Bertz CT molecular complexity index is 557. The summed E-state index contributed by atoms with van der Waals surface area (Å²) in [6.45, 7) is 4.60. The molecular weight excluding hydrogens is 255 g/mol. The summed E-state index contributed by atoms with van der Waals surface area (Å²) in [7, 11) is 1.89. The second-order valence-electron chi connectivity index (χ2n) is 4.93. The molecule has 0 atom stereocenters. The van der Waals surface area contributed by atoms with Gasteiger partial charge in [-0.1, -0.05) is 0 Å². The number of hydrogen-bond donors (Lipinski definition) is 1. The minimum absolute atomic E-state index is 0.228. The molecule has 0 spiro atoms. The Hall–Kier alpha value is -2.17. The van der Waals surface area contributed by atoms with Gasteiger partial charge in [0.15, 0.2) is 0 Å². The SMILES string of the molecule is CC(C)N(C)c1ccc(NCc2ccncn2)cc1F. The fourth-order valence-corrected chi connectivity index (χ4v) is 1.80. The minimum Gasteiger partial charge on any atom is -0.379 e. The van der Waals surface area contributed by atoms with Crippen molar-refractivity contribution in [1.82, 2.24) is 9.97 Å². The quantitative estimate of drug-likeness (QED) is 0.909. The number of hydrogen-bond acceptors (Lipinski definition) is 4. The highest BCUT2D eigenvalue weighted by molar-refractivity contribution is 5.56. The fraction of sp³-hybridized carbons (Fsp3) is 0.333. The highest BCUT2D eigenvalue weighted by Crippen LogP contribution is 2.23. The lowest BCUT2D eigenvalue weighted by Crippen LogP contribution is -2.26. The number of halogens is 1. The molecule has 4 nitrogen and oxygen atoms in total. The molecule has 0 radical (unpaired) electrons. The molecule has 1 heterocycles. The van der Waals surface area contributed by atoms with E-state index < -0.39 is 0 Å². The Kier molecular flexibility index (Phi) is 4.50. The van der Waals surface area contributed by atoms with Crippen LogP contribution < -0.4 is 10.2 Å². The van der Waals surface area contributed by atoms with Crippen molar-refractivity contribution in [2.24, 2.45) is 0 Å². The molecule has 0 bridgehead atoms. The van der Waals surface area contributed by atoms with Gasteiger partial charge in [-0.25, -0.2) is 14.4 Å². The molecule has 2 rings (SSSR count). The Labute approximate surface area is 118 Å². The van der Waals surface area contributed by atoms with E-state index in [1.807, 2.05) is 37.9 Å². The van der Waals surface area contributed by atoms with Gasteiger partial charge in [0.2, 0.25) is 0 Å². The van der Waals surface area contributed by atoms with Gasteiger partial charge >= 0.3 is 0 Å². The second kappa shape index (κ2) is 6.32. The monoisotopic (exact) mass is 274 g/mol. The third-order valence-electron chi connectivity index (χ3n) is 3.22. The Morgan fingerprint density at radius 2 is 2.10 bits per heavy atom. The first-order valence-corrected chi connectivity index (χ1v) is 6.59. The Balaban J connectivity index is 2.06. The standard InChI is InChI=1S/C15H19FN4/c1-11(2)20(3)15-5-4-12(8-14(15)16)18-9-13-6-7-17-10-19-13/h4-8,10-11,18H,9H2,1-3H3. The first kappa shape index (κ1) is 14.2. The average molecular weight is 274 g/mol. The zero-order valence-corrected chi connectivity index (χ0v) is 12.0. The molecule has 0 aliphatic heterocycles. The first-order chi connectivity index (χ1) is 9.58. The Morgan fingerprint density at radius 3 is 2.70 bits per heavy atom. The number of nitrogens with zero attached hydrogens (tertiary/aromatic N) is 3. The van der Waals surface area contributed by atoms with E-state index >= 15 is 0 Å². The number of aromatic nitrogens is 2. The summed E-state index contributed by atoms with van der Waals surface area (Å²) in [4.78, 5) is 9.87. The number of nitrogens with one attached hydrogen (secondary N) is 1.